The summed E-state index contributed by atoms with van der Waals surface area (Å²) in [4.78, 5) is 14.0. The van der Waals surface area contributed by atoms with Crippen LogP contribution in [0.2, 0.25) is 0 Å². The maximum Gasteiger partial charge on any atom is 0.251 e. The third-order valence-electron chi connectivity index (χ3n) is 3.29. The van der Waals surface area contributed by atoms with E-state index >= 15 is 0 Å². The van der Waals surface area contributed by atoms with Gasteiger partial charge in [-0.25, -0.2) is 0 Å². The van der Waals surface area contributed by atoms with Crippen LogP contribution in [0, 0.1) is 0 Å². The van der Waals surface area contributed by atoms with E-state index in [0.717, 1.165) is 5.69 Å². The minimum atomic E-state index is -0.922. The fourth-order valence-corrected chi connectivity index (χ4v) is 2.01. The van der Waals surface area contributed by atoms with Crippen LogP contribution in [0.1, 0.15) is 16.8 Å². The molecule has 19 heavy (non-hydrogen) atoms. The second kappa shape index (κ2) is 5.59. The molecule has 104 valence electrons. The Morgan fingerprint density at radius 1 is 1.53 bits per heavy atom. The van der Waals surface area contributed by atoms with E-state index in [-0.39, 0.29) is 19.1 Å². The number of carbonyl (C=O) groups is 1. The average molecular weight is 264 g/mol. The Hall–Kier alpha value is -1.59. The lowest BCUT2D eigenvalue weighted by atomic mass is 10.0. The van der Waals surface area contributed by atoms with Gasteiger partial charge in [0.05, 0.1) is 6.61 Å². The van der Waals surface area contributed by atoms with Gasteiger partial charge in [-0.1, -0.05) is 6.07 Å². The first-order valence-electron chi connectivity index (χ1n) is 6.36. The van der Waals surface area contributed by atoms with Gasteiger partial charge in [0.1, 0.15) is 5.60 Å². The van der Waals surface area contributed by atoms with Gasteiger partial charge < -0.3 is 20.1 Å². The average Bonchev–Trinajstić information content (AvgIpc) is 2.83. The van der Waals surface area contributed by atoms with Crippen molar-refractivity contribution in [2.75, 3.05) is 38.8 Å². The summed E-state index contributed by atoms with van der Waals surface area (Å²) < 4.78 is 5.14. The van der Waals surface area contributed by atoms with Crippen molar-refractivity contribution in [3.8, 4) is 0 Å². The van der Waals surface area contributed by atoms with Crippen LogP contribution in [-0.4, -0.2) is 50.5 Å². The van der Waals surface area contributed by atoms with Crippen molar-refractivity contribution in [2.45, 2.75) is 12.0 Å². The minimum Gasteiger partial charge on any atom is -0.386 e. The van der Waals surface area contributed by atoms with E-state index in [9.17, 15) is 9.90 Å². The maximum absolute atomic E-state index is 12.0. The first-order valence-corrected chi connectivity index (χ1v) is 6.36. The summed E-state index contributed by atoms with van der Waals surface area (Å²) in [5.41, 5.74) is 0.638. The largest absolute Gasteiger partial charge is 0.386 e. The van der Waals surface area contributed by atoms with Gasteiger partial charge >= 0.3 is 0 Å². The molecule has 1 saturated heterocycles. The molecule has 0 saturated carbocycles. The van der Waals surface area contributed by atoms with Gasteiger partial charge in [0.2, 0.25) is 0 Å². The number of hydrogen-bond donors (Lipinski definition) is 2. The van der Waals surface area contributed by atoms with Gasteiger partial charge in [-0.3, -0.25) is 4.79 Å². The molecule has 0 radical (unpaired) electrons. The van der Waals surface area contributed by atoms with Gasteiger partial charge in [0.25, 0.3) is 5.91 Å². The highest BCUT2D eigenvalue weighted by atomic mass is 16.5. The molecule has 1 aromatic carbocycles. The predicted molar refractivity (Wildman–Crippen MR) is 73.5 cm³/mol. The van der Waals surface area contributed by atoms with Crippen molar-refractivity contribution >= 4 is 11.6 Å². The third kappa shape index (κ3) is 3.45. The molecule has 1 aliphatic heterocycles. The molecule has 5 heteroatoms. The fraction of sp³-hybridized carbons (Fsp3) is 0.500. The monoisotopic (exact) mass is 264 g/mol. The minimum absolute atomic E-state index is 0.177. The Labute approximate surface area is 113 Å². The Morgan fingerprint density at radius 3 is 2.95 bits per heavy atom. The molecule has 0 aromatic heterocycles. The van der Waals surface area contributed by atoms with Crippen molar-refractivity contribution in [3.05, 3.63) is 29.8 Å². The number of carbonyl (C=O) groups excluding carboxylic acids is 1. The number of rotatable bonds is 4. The number of amides is 1. The molecule has 1 aromatic rings. The lowest BCUT2D eigenvalue weighted by molar-refractivity contribution is 0.0264. The van der Waals surface area contributed by atoms with E-state index in [1.165, 1.54) is 0 Å². The highest BCUT2D eigenvalue weighted by Crippen LogP contribution is 2.18. The van der Waals surface area contributed by atoms with Crippen LogP contribution in [0.4, 0.5) is 5.69 Å². The van der Waals surface area contributed by atoms with Crippen LogP contribution < -0.4 is 10.2 Å². The number of benzene rings is 1. The van der Waals surface area contributed by atoms with E-state index in [1.54, 1.807) is 6.07 Å². The highest BCUT2D eigenvalue weighted by molar-refractivity contribution is 5.95. The molecule has 2 N–H and O–H groups in total. The van der Waals surface area contributed by atoms with E-state index in [1.807, 2.05) is 37.2 Å². The third-order valence-corrected chi connectivity index (χ3v) is 3.29. The Kier molecular flexibility index (Phi) is 4.07. The fourth-order valence-electron chi connectivity index (χ4n) is 2.01. The number of hydrogen-bond acceptors (Lipinski definition) is 4. The van der Waals surface area contributed by atoms with Crippen molar-refractivity contribution in [1.82, 2.24) is 5.32 Å². The number of nitrogens with one attached hydrogen (secondary N) is 1. The molecule has 1 atom stereocenters. The van der Waals surface area contributed by atoms with Gasteiger partial charge in [-0.05, 0) is 18.2 Å². The molecule has 1 amide bonds. The maximum atomic E-state index is 12.0. The first-order chi connectivity index (χ1) is 9.00. The Bertz CT molecular complexity index is 454. The number of anilines is 1. The standard InChI is InChI=1S/C14H20N2O3/c1-16(2)12-5-3-4-11(8-12)13(17)15-9-14(18)6-7-19-10-14/h3-5,8,18H,6-7,9-10H2,1-2H3,(H,15,17). The number of nitrogens with zero attached hydrogens (tertiary/aromatic N) is 1. The zero-order valence-corrected chi connectivity index (χ0v) is 11.3. The summed E-state index contributed by atoms with van der Waals surface area (Å²) in [6.07, 6.45) is 0.561. The summed E-state index contributed by atoms with van der Waals surface area (Å²) in [6, 6.07) is 7.37. The summed E-state index contributed by atoms with van der Waals surface area (Å²) in [6.45, 7) is 1.05. The second-order valence-electron chi connectivity index (χ2n) is 5.15. The normalized spacial score (nSPS) is 22.3. The first kappa shape index (κ1) is 13.8. The molecule has 1 heterocycles. The smallest absolute Gasteiger partial charge is 0.251 e. The molecule has 1 unspecified atom stereocenters. The van der Waals surface area contributed by atoms with E-state index in [4.69, 9.17) is 4.74 Å². The number of ether oxygens (including phenoxy) is 1. The summed E-state index contributed by atoms with van der Waals surface area (Å²) >= 11 is 0. The van der Waals surface area contributed by atoms with Gasteiger partial charge in [-0.2, -0.15) is 0 Å². The van der Waals surface area contributed by atoms with Crippen LogP contribution in [0.3, 0.4) is 0 Å². The summed E-state index contributed by atoms with van der Waals surface area (Å²) in [5.74, 6) is -0.177. The van der Waals surface area contributed by atoms with Gasteiger partial charge in [-0.15, -0.1) is 0 Å². The van der Waals surface area contributed by atoms with E-state index < -0.39 is 5.60 Å². The van der Waals surface area contributed by atoms with E-state index in [0.29, 0.717) is 18.6 Å². The SMILES string of the molecule is CN(C)c1cccc(C(=O)NCC2(O)CCOC2)c1. The topological polar surface area (TPSA) is 61.8 Å². The summed E-state index contributed by atoms with van der Waals surface area (Å²) in [7, 11) is 3.85. The molecule has 0 aliphatic carbocycles. The van der Waals surface area contributed by atoms with Crippen molar-refractivity contribution in [1.29, 1.82) is 0 Å². The molecule has 1 aliphatic rings. The molecular formula is C14H20N2O3. The Balaban J connectivity index is 1.98. The Morgan fingerprint density at radius 2 is 2.32 bits per heavy atom. The van der Waals surface area contributed by atoms with Crippen LogP contribution in [0.25, 0.3) is 0 Å². The van der Waals surface area contributed by atoms with Crippen LogP contribution >= 0.6 is 0 Å². The molecular weight excluding hydrogens is 244 g/mol. The van der Waals surface area contributed by atoms with Crippen molar-refractivity contribution in [2.24, 2.45) is 0 Å². The molecule has 0 bridgehead atoms. The zero-order valence-electron chi connectivity index (χ0n) is 11.3. The van der Waals surface area contributed by atoms with Gasteiger partial charge in [0.15, 0.2) is 0 Å². The highest BCUT2D eigenvalue weighted by Gasteiger charge is 2.32. The second-order valence-corrected chi connectivity index (χ2v) is 5.15. The molecule has 2 rings (SSSR count). The van der Waals surface area contributed by atoms with E-state index in [2.05, 4.69) is 5.32 Å². The quantitative estimate of drug-likeness (QED) is 0.837. The zero-order chi connectivity index (χ0) is 13.9. The van der Waals surface area contributed by atoms with Crippen molar-refractivity contribution < 1.29 is 14.6 Å². The van der Waals surface area contributed by atoms with Crippen LogP contribution in [0.15, 0.2) is 24.3 Å². The molecule has 1 fully saturated rings. The summed E-state index contributed by atoms with van der Waals surface area (Å²) in [5, 5.41) is 12.8. The molecule has 0 spiro atoms. The lowest BCUT2D eigenvalue weighted by Gasteiger charge is -2.21. The number of aliphatic hydroxyl groups is 1. The predicted octanol–water partition coefficient (Wildman–Crippen LogP) is 0.634. The van der Waals surface area contributed by atoms with Gasteiger partial charge in [0, 0.05) is 44.9 Å². The van der Waals surface area contributed by atoms with Crippen LogP contribution in [-0.2, 0) is 4.74 Å². The van der Waals surface area contributed by atoms with Crippen molar-refractivity contribution in [3.63, 3.8) is 0 Å². The molecule has 5 nitrogen and oxygen atoms in total. The van der Waals surface area contributed by atoms with Crippen LogP contribution in [0.5, 0.6) is 0 Å². The lowest BCUT2D eigenvalue weighted by Crippen LogP contribution is -2.43.